The van der Waals surface area contributed by atoms with Crippen molar-refractivity contribution in [3.05, 3.63) is 40.3 Å². The Labute approximate surface area is 117 Å². The molecule has 2 amide bonds. The van der Waals surface area contributed by atoms with Crippen LogP contribution in [0.5, 0.6) is 0 Å². The van der Waals surface area contributed by atoms with Crippen molar-refractivity contribution in [3.8, 4) is 0 Å². The number of carbonyl (C=O) groups excluding carboxylic acids is 2. The minimum atomic E-state index is -4.44. The Balaban J connectivity index is 2.33. The van der Waals surface area contributed by atoms with E-state index in [0.29, 0.717) is 0 Å². The van der Waals surface area contributed by atoms with Crippen LogP contribution in [-0.2, 0) is 11.0 Å². The van der Waals surface area contributed by atoms with Gasteiger partial charge in [-0.1, -0.05) is 12.1 Å². The molecule has 3 nitrogen and oxygen atoms in total. The van der Waals surface area contributed by atoms with E-state index in [2.05, 4.69) is 0 Å². The summed E-state index contributed by atoms with van der Waals surface area (Å²) in [5, 5.41) is -0.407. The summed E-state index contributed by atoms with van der Waals surface area (Å²) in [7, 11) is 0. The number of amides is 2. The van der Waals surface area contributed by atoms with Crippen LogP contribution in [0.15, 0.2) is 29.2 Å². The first-order valence-corrected chi connectivity index (χ1v) is 6.57. The standard InChI is InChI=1S/C13H10F3NO2S/c1-2-17-11(18)10(20-12(17)19)7-8-4-3-5-9(6-8)13(14,15)16/h3-7H,2H2,1H3. The Hall–Kier alpha value is -1.76. The molecule has 1 saturated heterocycles. The summed E-state index contributed by atoms with van der Waals surface area (Å²) < 4.78 is 37.7. The summed E-state index contributed by atoms with van der Waals surface area (Å²) in [6.07, 6.45) is -3.14. The van der Waals surface area contributed by atoms with Gasteiger partial charge in [0.05, 0.1) is 10.5 Å². The number of hydrogen-bond donors (Lipinski definition) is 0. The second-order valence-electron chi connectivity index (χ2n) is 4.05. The van der Waals surface area contributed by atoms with Crippen LogP contribution in [0.4, 0.5) is 18.0 Å². The molecule has 106 valence electrons. The third-order valence-corrected chi connectivity index (χ3v) is 3.61. The molecule has 0 aliphatic carbocycles. The van der Waals surface area contributed by atoms with Crippen molar-refractivity contribution in [2.75, 3.05) is 6.54 Å². The maximum Gasteiger partial charge on any atom is 0.416 e. The minimum absolute atomic E-state index is 0.135. The van der Waals surface area contributed by atoms with Gasteiger partial charge in [-0.05, 0) is 42.5 Å². The number of thioether (sulfide) groups is 1. The summed E-state index contributed by atoms with van der Waals surface area (Å²) in [6.45, 7) is 1.90. The van der Waals surface area contributed by atoms with Crippen molar-refractivity contribution in [3.63, 3.8) is 0 Å². The van der Waals surface area contributed by atoms with Crippen LogP contribution in [0.25, 0.3) is 6.08 Å². The summed E-state index contributed by atoms with van der Waals surface area (Å²) in [6, 6.07) is 4.61. The molecule has 0 spiro atoms. The van der Waals surface area contributed by atoms with Crippen molar-refractivity contribution in [1.82, 2.24) is 4.90 Å². The van der Waals surface area contributed by atoms with Gasteiger partial charge in [-0.2, -0.15) is 13.2 Å². The maximum absolute atomic E-state index is 12.6. The van der Waals surface area contributed by atoms with Crippen LogP contribution in [0, 0.1) is 0 Å². The minimum Gasteiger partial charge on any atom is -0.269 e. The lowest BCUT2D eigenvalue weighted by Crippen LogP contribution is -2.27. The molecular weight excluding hydrogens is 291 g/mol. The van der Waals surface area contributed by atoms with Crippen LogP contribution in [0.1, 0.15) is 18.1 Å². The average molecular weight is 301 g/mol. The molecule has 0 bridgehead atoms. The van der Waals surface area contributed by atoms with Crippen molar-refractivity contribution in [1.29, 1.82) is 0 Å². The monoisotopic (exact) mass is 301 g/mol. The van der Waals surface area contributed by atoms with Crippen LogP contribution in [0.2, 0.25) is 0 Å². The van der Waals surface area contributed by atoms with Gasteiger partial charge < -0.3 is 0 Å². The normalized spacial score (nSPS) is 18.2. The predicted molar refractivity (Wildman–Crippen MR) is 69.8 cm³/mol. The smallest absolute Gasteiger partial charge is 0.269 e. The van der Waals surface area contributed by atoms with Gasteiger partial charge in [0, 0.05) is 6.54 Å². The topological polar surface area (TPSA) is 37.4 Å². The first kappa shape index (κ1) is 14.6. The Morgan fingerprint density at radius 1 is 1.30 bits per heavy atom. The van der Waals surface area contributed by atoms with Gasteiger partial charge in [-0.15, -0.1) is 0 Å². The highest BCUT2D eigenvalue weighted by molar-refractivity contribution is 8.18. The summed E-state index contributed by atoms with van der Waals surface area (Å²) >= 11 is 0.732. The third kappa shape index (κ3) is 2.87. The number of imide groups is 1. The molecule has 1 heterocycles. The number of benzene rings is 1. The van der Waals surface area contributed by atoms with Crippen LogP contribution in [-0.4, -0.2) is 22.6 Å². The fraction of sp³-hybridized carbons (Fsp3) is 0.231. The lowest BCUT2D eigenvalue weighted by molar-refractivity contribution is -0.137. The predicted octanol–water partition coefficient (Wildman–Crippen LogP) is 3.76. The summed E-state index contributed by atoms with van der Waals surface area (Å²) in [4.78, 5) is 24.5. The third-order valence-electron chi connectivity index (χ3n) is 2.70. The summed E-state index contributed by atoms with van der Waals surface area (Å²) in [5.74, 6) is -0.472. The van der Waals surface area contributed by atoms with Crippen molar-refractivity contribution >= 4 is 29.0 Å². The lowest BCUT2D eigenvalue weighted by atomic mass is 10.1. The fourth-order valence-corrected chi connectivity index (χ4v) is 2.63. The molecule has 1 aliphatic heterocycles. The number of hydrogen-bond acceptors (Lipinski definition) is 3. The van der Waals surface area contributed by atoms with Crippen LogP contribution < -0.4 is 0 Å². The highest BCUT2D eigenvalue weighted by Crippen LogP contribution is 2.33. The van der Waals surface area contributed by atoms with E-state index < -0.39 is 22.9 Å². The summed E-state index contributed by atoms with van der Waals surface area (Å²) in [5.41, 5.74) is -0.553. The number of carbonyl (C=O) groups is 2. The molecule has 0 radical (unpaired) electrons. The van der Waals surface area contributed by atoms with E-state index >= 15 is 0 Å². The number of halogens is 3. The molecule has 1 aromatic rings. The zero-order chi connectivity index (χ0) is 14.9. The zero-order valence-electron chi connectivity index (χ0n) is 10.4. The van der Waals surface area contributed by atoms with E-state index in [1.54, 1.807) is 6.92 Å². The molecule has 7 heteroatoms. The quantitative estimate of drug-likeness (QED) is 0.781. The first-order valence-electron chi connectivity index (χ1n) is 5.75. The number of nitrogens with zero attached hydrogens (tertiary/aromatic N) is 1. The Bertz CT molecular complexity index is 596. The van der Waals surface area contributed by atoms with Gasteiger partial charge in [0.1, 0.15) is 0 Å². The van der Waals surface area contributed by atoms with E-state index in [1.807, 2.05) is 0 Å². The molecule has 2 rings (SSSR count). The van der Waals surface area contributed by atoms with Gasteiger partial charge in [0.2, 0.25) is 0 Å². The highest BCUT2D eigenvalue weighted by atomic mass is 32.2. The number of likely N-dealkylation sites (N-methyl/N-ethyl adjacent to an activating group) is 1. The molecule has 1 aromatic carbocycles. The van der Waals surface area contributed by atoms with E-state index in [0.717, 1.165) is 28.8 Å². The molecule has 0 saturated carbocycles. The Morgan fingerprint density at radius 2 is 2.00 bits per heavy atom. The van der Waals surface area contributed by atoms with E-state index in [4.69, 9.17) is 0 Å². The van der Waals surface area contributed by atoms with Crippen molar-refractivity contribution < 1.29 is 22.8 Å². The fourth-order valence-electron chi connectivity index (χ4n) is 1.73. The molecule has 0 atom stereocenters. The molecule has 0 aromatic heterocycles. The Kier molecular flexibility index (Phi) is 3.89. The molecular formula is C13H10F3NO2S. The molecule has 1 aliphatic rings. The van der Waals surface area contributed by atoms with Crippen molar-refractivity contribution in [2.24, 2.45) is 0 Å². The first-order chi connectivity index (χ1) is 9.32. The van der Waals surface area contributed by atoms with Gasteiger partial charge in [0.15, 0.2) is 0 Å². The van der Waals surface area contributed by atoms with E-state index in [1.165, 1.54) is 18.2 Å². The molecule has 0 N–H and O–H groups in total. The van der Waals surface area contributed by atoms with Gasteiger partial charge in [0.25, 0.3) is 11.1 Å². The Morgan fingerprint density at radius 3 is 2.55 bits per heavy atom. The van der Waals surface area contributed by atoms with E-state index in [-0.39, 0.29) is 17.0 Å². The average Bonchev–Trinajstić information content (AvgIpc) is 2.63. The van der Waals surface area contributed by atoms with Gasteiger partial charge in [-0.25, -0.2) is 0 Å². The largest absolute Gasteiger partial charge is 0.416 e. The molecule has 1 fully saturated rings. The zero-order valence-corrected chi connectivity index (χ0v) is 11.2. The number of rotatable bonds is 2. The second-order valence-corrected chi connectivity index (χ2v) is 5.04. The maximum atomic E-state index is 12.6. The van der Waals surface area contributed by atoms with Gasteiger partial charge in [-0.3, -0.25) is 14.5 Å². The second kappa shape index (κ2) is 5.32. The molecule has 20 heavy (non-hydrogen) atoms. The molecule has 0 unspecified atom stereocenters. The lowest BCUT2D eigenvalue weighted by Gasteiger charge is -2.08. The van der Waals surface area contributed by atoms with E-state index in [9.17, 15) is 22.8 Å². The SMILES string of the molecule is CCN1C(=O)SC(=Cc2cccc(C(F)(F)F)c2)C1=O. The van der Waals surface area contributed by atoms with Crippen molar-refractivity contribution in [2.45, 2.75) is 13.1 Å². The van der Waals surface area contributed by atoms with Crippen LogP contribution in [0.3, 0.4) is 0 Å². The number of alkyl halides is 3. The van der Waals surface area contributed by atoms with Crippen LogP contribution >= 0.6 is 11.8 Å². The highest BCUT2D eigenvalue weighted by Gasteiger charge is 2.34. The van der Waals surface area contributed by atoms with Gasteiger partial charge >= 0.3 is 6.18 Å².